The summed E-state index contributed by atoms with van der Waals surface area (Å²) in [6.07, 6.45) is -3.95. The van der Waals surface area contributed by atoms with Gasteiger partial charge in [0.05, 0.1) is 16.5 Å². The number of fused-ring (bicyclic) bond motifs is 3. The number of phenolic OH excluding ortho intramolecular Hbond substituents is 3. The first kappa shape index (κ1) is 22.6. The number of primary amides is 1. The van der Waals surface area contributed by atoms with Gasteiger partial charge in [0, 0.05) is 28.5 Å². The Morgan fingerprint density at radius 1 is 1.16 bits per heavy atom. The fourth-order valence-corrected chi connectivity index (χ4v) is 5.64. The summed E-state index contributed by atoms with van der Waals surface area (Å²) in [4.78, 5) is 26.7. The first-order valence-corrected chi connectivity index (χ1v) is 10.2. The maximum atomic E-state index is 13.2. The van der Waals surface area contributed by atoms with Crippen molar-refractivity contribution in [1.29, 1.82) is 0 Å². The van der Waals surface area contributed by atoms with Crippen molar-refractivity contribution in [3.63, 3.8) is 0 Å². The lowest BCUT2D eigenvalue weighted by Crippen LogP contribution is -2.71. The summed E-state index contributed by atoms with van der Waals surface area (Å²) in [5.74, 6) is -6.93. The lowest BCUT2D eigenvalue weighted by atomic mass is 9.57. The Hall–Kier alpha value is -2.63. The van der Waals surface area contributed by atoms with Crippen LogP contribution < -0.4 is 5.73 Å². The van der Waals surface area contributed by atoms with Gasteiger partial charge >= 0.3 is 0 Å². The summed E-state index contributed by atoms with van der Waals surface area (Å²) in [7, 11) is 3.10. The van der Waals surface area contributed by atoms with Gasteiger partial charge in [-0.3, -0.25) is 9.59 Å². The normalized spacial score (nSPS) is 32.1. The number of phenols is 3. The van der Waals surface area contributed by atoms with Crippen LogP contribution in [0.25, 0.3) is 10.8 Å². The molecular formula is C21H23ClN2O8. The molecule has 0 aliphatic heterocycles. The van der Waals surface area contributed by atoms with Gasteiger partial charge in [-0.25, -0.2) is 0 Å². The monoisotopic (exact) mass is 466 g/mol. The zero-order valence-corrected chi connectivity index (χ0v) is 17.9. The van der Waals surface area contributed by atoms with Gasteiger partial charge < -0.3 is 41.3 Å². The molecule has 0 saturated heterocycles. The van der Waals surface area contributed by atoms with Crippen LogP contribution in [0.15, 0.2) is 12.1 Å². The van der Waals surface area contributed by atoms with Crippen LogP contribution in [0.5, 0.6) is 17.2 Å². The molecule has 32 heavy (non-hydrogen) atoms. The topological polar surface area (TPSA) is 185 Å². The Morgan fingerprint density at radius 2 is 1.78 bits per heavy atom. The van der Waals surface area contributed by atoms with Crippen molar-refractivity contribution in [2.45, 2.75) is 30.3 Å². The second-order valence-electron chi connectivity index (χ2n) is 8.63. The lowest BCUT2D eigenvalue weighted by molar-refractivity contribution is -0.200. The molecule has 2 aromatic carbocycles. The van der Waals surface area contributed by atoms with Crippen molar-refractivity contribution in [2.75, 3.05) is 14.1 Å². The first-order valence-electron chi connectivity index (χ1n) is 9.82. The number of aliphatic hydroxyl groups is 3. The van der Waals surface area contributed by atoms with Crippen LogP contribution in [-0.4, -0.2) is 79.1 Å². The van der Waals surface area contributed by atoms with E-state index in [1.807, 2.05) is 0 Å². The van der Waals surface area contributed by atoms with E-state index in [9.17, 15) is 40.2 Å². The zero-order valence-electron chi connectivity index (χ0n) is 17.2. The number of aromatic hydroxyl groups is 3. The largest absolute Gasteiger partial charge is 0.507 e. The van der Waals surface area contributed by atoms with Crippen LogP contribution in [0.1, 0.15) is 17.2 Å². The third-order valence-corrected chi connectivity index (χ3v) is 7.15. The average Bonchev–Trinajstić information content (AvgIpc) is 2.69. The van der Waals surface area contributed by atoms with Crippen molar-refractivity contribution < 1.29 is 40.2 Å². The second-order valence-corrected chi connectivity index (χ2v) is 9.04. The molecule has 6 atom stereocenters. The molecule has 1 fully saturated rings. The molecule has 4 rings (SSSR count). The summed E-state index contributed by atoms with van der Waals surface area (Å²) in [5.41, 5.74) is 2.33. The molecule has 2 aliphatic carbocycles. The second kappa shape index (κ2) is 7.19. The van der Waals surface area contributed by atoms with E-state index in [1.54, 1.807) is 14.1 Å². The molecule has 1 saturated carbocycles. The number of carbonyl (C=O) groups excluding carboxylic acids is 2. The summed E-state index contributed by atoms with van der Waals surface area (Å²) < 4.78 is 0. The van der Waals surface area contributed by atoms with Crippen LogP contribution in [-0.2, 0) is 16.0 Å². The molecule has 172 valence electrons. The predicted molar refractivity (Wildman–Crippen MR) is 112 cm³/mol. The van der Waals surface area contributed by atoms with Crippen molar-refractivity contribution in [1.82, 2.24) is 4.90 Å². The van der Waals surface area contributed by atoms with E-state index in [2.05, 4.69) is 0 Å². The minimum Gasteiger partial charge on any atom is -0.507 e. The van der Waals surface area contributed by atoms with Crippen LogP contribution in [0.2, 0.25) is 5.02 Å². The highest BCUT2D eigenvalue weighted by molar-refractivity contribution is 6.36. The molecule has 11 heteroatoms. The lowest BCUT2D eigenvalue weighted by Gasteiger charge is -2.54. The van der Waals surface area contributed by atoms with Crippen molar-refractivity contribution in [3.05, 3.63) is 28.3 Å². The van der Waals surface area contributed by atoms with Crippen LogP contribution in [0.3, 0.4) is 0 Å². The Bertz CT molecular complexity index is 1170. The Labute approximate surface area is 187 Å². The number of aliphatic hydroxyl groups excluding tert-OH is 2. The van der Waals surface area contributed by atoms with E-state index in [0.717, 1.165) is 0 Å². The smallest absolute Gasteiger partial charge is 0.230 e. The number of halogens is 1. The Morgan fingerprint density at radius 3 is 2.34 bits per heavy atom. The van der Waals surface area contributed by atoms with E-state index < -0.39 is 64.6 Å². The molecule has 0 spiro atoms. The molecular weight excluding hydrogens is 444 g/mol. The summed E-state index contributed by atoms with van der Waals surface area (Å²) >= 11 is 6.18. The minimum atomic E-state index is -2.62. The SMILES string of the molecule is CN(C)C1C(O)C(C(N)=O)C(=O)C2(O)C(O)c3c(c(O)c4c(Cl)ccc(O)c4c3O)CC12. The van der Waals surface area contributed by atoms with Crippen molar-refractivity contribution in [2.24, 2.45) is 17.6 Å². The Kier molecular flexibility index (Phi) is 5.07. The first-order chi connectivity index (χ1) is 14.8. The van der Waals surface area contributed by atoms with Gasteiger partial charge in [0.25, 0.3) is 0 Å². The van der Waals surface area contributed by atoms with Gasteiger partial charge in [0.15, 0.2) is 11.4 Å². The highest BCUT2D eigenvalue weighted by atomic mass is 35.5. The molecule has 0 bridgehead atoms. The fourth-order valence-electron chi connectivity index (χ4n) is 5.39. The molecule has 1 amide bonds. The van der Waals surface area contributed by atoms with Gasteiger partial charge in [0.2, 0.25) is 5.91 Å². The summed E-state index contributed by atoms with van der Waals surface area (Å²) in [5, 5.41) is 65.3. The molecule has 6 unspecified atom stereocenters. The zero-order chi connectivity index (χ0) is 23.9. The highest BCUT2D eigenvalue weighted by Crippen LogP contribution is 2.57. The number of likely N-dealkylation sites (N-methyl/N-ethyl adjacent to an activating group) is 1. The molecule has 0 radical (unpaired) electrons. The van der Waals surface area contributed by atoms with E-state index in [-0.39, 0.29) is 33.3 Å². The standard InChI is InChI=1S/C21H23ClN2O8/c1-24(2)14-7-5-6-10(16(27)12-9(25)4-3-8(22)11(12)15(6)26)18(29)21(7,32)19(30)13(17(14)28)20(23)31/h3-4,7,13-14,17-18,25-29,32H,5H2,1-2H3,(H2,23,31). The number of rotatable bonds is 2. The molecule has 10 nitrogen and oxygen atoms in total. The number of amides is 1. The molecule has 0 heterocycles. The molecule has 2 aliphatic rings. The number of nitrogens with two attached hydrogens (primary N) is 1. The molecule has 2 aromatic rings. The van der Waals surface area contributed by atoms with E-state index in [4.69, 9.17) is 17.3 Å². The number of hydrogen-bond donors (Lipinski definition) is 7. The third kappa shape index (κ3) is 2.67. The summed E-state index contributed by atoms with van der Waals surface area (Å²) in [6, 6.07) is 1.47. The van der Waals surface area contributed by atoms with E-state index in [1.165, 1.54) is 17.0 Å². The van der Waals surface area contributed by atoms with E-state index in [0.29, 0.717) is 0 Å². The average molecular weight is 467 g/mol. The van der Waals surface area contributed by atoms with Crippen LogP contribution in [0.4, 0.5) is 0 Å². The number of nitrogens with zero attached hydrogens (tertiary/aromatic N) is 1. The minimum absolute atomic E-state index is 0.00551. The van der Waals surface area contributed by atoms with Crippen molar-refractivity contribution in [3.8, 4) is 17.2 Å². The van der Waals surface area contributed by atoms with Crippen LogP contribution >= 0.6 is 11.6 Å². The van der Waals surface area contributed by atoms with Gasteiger partial charge in [-0.2, -0.15) is 0 Å². The van der Waals surface area contributed by atoms with Crippen molar-refractivity contribution >= 4 is 34.1 Å². The number of carbonyl (C=O) groups is 2. The maximum absolute atomic E-state index is 13.2. The number of ketones is 1. The fraction of sp³-hybridized carbons (Fsp3) is 0.429. The maximum Gasteiger partial charge on any atom is 0.230 e. The summed E-state index contributed by atoms with van der Waals surface area (Å²) in [6.45, 7) is 0. The van der Waals surface area contributed by atoms with Crippen LogP contribution in [0, 0.1) is 11.8 Å². The van der Waals surface area contributed by atoms with Gasteiger partial charge in [-0.1, -0.05) is 11.6 Å². The van der Waals surface area contributed by atoms with Gasteiger partial charge in [0.1, 0.15) is 29.3 Å². The Balaban J connectivity index is 2.06. The van der Waals surface area contributed by atoms with Gasteiger partial charge in [-0.05, 0) is 32.6 Å². The predicted octanol–water partition coefficient (Wildman–Crippen LogP) is -0.478. The van der Waals surface area contributed by atoms with Gasteiger partial charge in [-0.15, -0.1) is 0 Å². The molecule has 0 aromatic heterocycles. The number of Topliss-reactive ketones (excluding diaryl/α,β-unsaturated/α-hetero) is 1. The highest BCUT2D eigenvalue weighted by Gasteiger charge is 2.66. The number of benzene rings is 2. The quantitative estimate of drug-likeness (QED) is 0.227. The third-order valence-electron chi connectivity index (χ3n) is 6.84. The van der Waals surface area contributed by atoms with E-state index >= 15 is 0 Å². The number of hydrogen-bond acceptors (Lipinski definition) is 9. The molecule has 8 N–H and O–H groups in total.